The van der Waals surface area contributed by atoms with Crippen molar-refractivity contribution in [2.75, 3.05) is 4.90 Å². The molecule has 5 rings (SSSR count). The van der Waals surface area contributed by atoms with Gasteiger partial charge in [0.1, 0.15) is 11.3 Å². The topological polar surface area (TPSA) is 107 Å². The van der Waals surface area contributed by atoms with Crippen molar-refractivity contribution >= 4 is 34.2 Å². The van der Waals surface area contributed by atoms with Crippen LogP contribution >= 0.6 is 0 Å². The second-order valence-corrected chi connectivity index (χ2v) is 8.72. The van der Waals surface area contributed by atoms with Gasteiger partial charge in [0, 0.05) is 17.0 Å². The van der Waals surface area contributed by atoms with Crippen LogP contribution in [0.4, 0.5) is 5.69 Å². The van der Waals surface area contributed by atoms with Crippen LogP contribution in [0.1, 0.15) is 31.4 Å². The summed E-state index contributed by atoms with van der Waals surface area (Å²) < 4.78 is 0. The number of carbonyl (C=O) groups is 3. The quantitative estimate of drug-likeness (QED) is 0.519. The molecular weight excluding hydrogens is 420 g/mol. The third kappa shape index (κ3) is 2.96. The van der Waals surface area contributed by atoms with E-state index in [9.17, 15) is 24.6 Å². The van der Waals surface area contributed by atoms with Crippen molar-refractivity contribution in [1.29, 1.82) is 0 Å². The molecule has 2 aliphatic rings. The van der Waals surface area contributed by atoms with Gasteiger partial charge in [-0.2, -0.15) is 0 Å². The first kappa shape index (κ1) is 21.2. The fourth-order valence-electron chi connectivity index (χ4n) is 5.59. The second-order valence-electron chi connectivity index (χ2n) is 8.72. The van der Waals surface area contributed by atoms with E-state index in [1.807, 2.05) is 37.3 Å². The number of nitrogens with zero attached hydrogens (tertiary/aromatic N) is 1. The van der Waals surface area contributed by atoms with Crippen molar-refractivity contribution < 1.29 is 24.6 Å². The van der Waals surface area contributed by atoms with Crippen molar-refractivity contribution in [2.24, 2.45) is 11.8 Å². The molecule has 4 atom stereocenters. The van der Waals surface area contributed by atoms with Crippen LogP contribution in [0.5, 0.6) is 5.75 Å². The van der Waals surface area contributed by atoms with Crippen LogP contribution in [0.25, 0.3) is 10.8 Å². The van der Waals surface area contributed by atoms with E-state index < -0.39 is 41.2 Å². The third-order valence-corrected chi connectivity index (χ3v) is 6.96. The number of phenols is 1. The van der Waals surface area contributed by atoms with Crippen molar-refractivity contribution in [3.63, 3.8) is 0 Å². The maximum absolute atomic E-state index is 13.8. The Hall–Kier alpha value is -3.71. The summed E-state index contributed by atoms with van der Waals surface area (Å²) in [5.41, 5.74) is -0.754. The molecule has 2 heterocycles. The van der Waals surface area contributed by atoms with Gasteiger partial charge in [-0.05, 0) is 23.9 Å². The molecule has 0 aromatic heterocycles. The summed E-state index contributed by atoms with van der Waals surface area (Å²) in [6, 6.07) is 18.6. The number of rotatable bonds is 5. The number of phenolic OH excluding ortho intramolecular Hbond substituents is 1. The number of aromatic hydroxyl groups is 1. The van der Waals surface area contributed by atoms with Gasteiger partial charge in [-0.15, -0.1) is 0 Å². The van der Waals surface area contributed by atoms with Crippen LogP contribution < -0.4 is 10.2 Å². The zero-order valence-electron chi connectivity index (χ0n) is 18.1. The standard InChI is InChI=1S/C26H24N2O5/c1-2-14-26(25(32)33)21-20(22(27-26)17-11-5-6-13-19(17)29)23(30)28(24(21)31)18-12-7-9-15-8-3-4-10-16(15)18/h3-13,20-22,27,29H,2,14H2,1H3,(H,32,33)/t20-,21-,22-,26+/m1/s1. The first-order chi connectivity index (χ1) is 15.9. The van der Waals surface area contributed by atoms with Crippen LogP contribution in [-0.4, -0.2) is 33.5 Å². The molecular formula is C26H24N2O5. The van der Waals surface area contributed by atoms with Crippen LogP contribution in [0.2, 0.25) is 0 Å². The lowest BCUT2D eigenvalue weighted by Gasteiger charge is -2.31. The molecule has 7 nitrogen and oxygen atoms in total. The largest absolute Gasteiger partial charge is 0.508 e. The Morgan fingerprint density at radius 2 is 1.70 bits per heavy atom. The summed E-state index contributed by atoms with van der Waals surface area (Å²) in [7, 11) is 0. The first-order valence-corrected chi connectivity index (χ1v) is 11.0. The Kier molecular flexibility index (Phi) is 4.94. The molecule has 0 bridgehead atoms. The summed E-state index contributed by atoms with van der Waals surface area (Å²) in [6.07, 6.45) is 0.682. The lowest BCUT2D eigenvalue weighted by molar-refractivity contribution is -0.149. The summed E-state index contributed by atoms with van der Waals surface area (Å²) in [5.74, 6) is -4.24. The van der Waals surface area contributed by atoms with Gasteiger partial charge in [0.15, 0.2) is 0 Å². The SMILES string of the molecule is CCC[C@]1(C(=O)O)N[C@H](c2ccccc2O)[C@@H]2C(=O)N(c3cccc4ccccc34)C(=O)[C@@H]21. The fourth-order valence-corrected chi connectivity index (χ4v) is 5.59. The van der Waals surface area contributed by atoms with Crippen molar-refractivity contribution in [3.05, 3.63) is 72.3 Å². The number of carboxylic acid groups (broad SMARTS) is 1. The maximum atomic E-state index is 13.8. The molecule has 7 heteroatoms. The van der Waals surface area contributed by atoms with Gasteiger partial charge in [0.25, 0.3) is 0 Å². The van der Waals surface area contributed by atoms with Crippen LogP contribution in [0.15, 0.2) is 66.7 Å². The number of carbonyl (C=O) groups excluding carboxylic acids is 2. The Morgan fingerprint density at radius 1 is 1.00 bits per heavy atom. The number of benzene rings is 3. The zero-order chi connectivity index (χ0) is 23.3. The number of hydrogen-bond acceptors (Lipinski definition) is 5. The maximum Gasteiger partial charge on any atom is 0.324 e. The van der Waals surface area contributed by atoms with E-state index in [1.54, 1.807) is 30.3 Å². The van der Waals surface area contributed by atoms with E-state index in [0.29, 0.717) is 17.7 Å². The van der Waals surface area contributed by atoms with Gasteiger partial charge in [-0.25, -0.2) is 4.90 Å². The number of carboxylic acids is 1. The normalized spacial score (nSPS) is 26.7. The summed E-state index contributed by atoms with van der Waals surface area (Å²) in [5, 5.41) is 25.5. The molecule has 0 saturated carbocycles. The van der Waals surface area contributed by atoms with Crippen molar-refractivity contribution in [2.45, 2.75) is 31.3 Å². The Morgan fingerprint density at radius 3 is 2.42 bits per heavy atom. The second kappa shape index (κ2) is 7.71. The molecule has 0 aliphatic carbocycles. The number of fused-ring (bicyclic) bond motifs is 2. The predicted octanol–water partition coefficient (Wildman–Crippen LogP) is 3.62. The molecule has 3 aromatic carbocycles. The molecule has 2 amide bonds. The van der Waals surface area contributed by atoms with E-state index in [-0.39, 0.29) is 12.2 Å². The van der Waals surface area contributed by atoms with E-state index >= 15 is 0 Å². The average molecular weight is 444 g/mol. The molecule has 168 valence electrons. The van der Waals surface area contributed by atoms with Gasteiger partial charge >= 0.3 is 5.97 Å². The number of imide groups is 1. The number of aliphatic carboxylic acids is 1. The highest BCUT2D eigenvalue weighted by atomic mass is 16.4. The summed E-state index contributed by atoms with van der Waals surface area (Å²) >= 11 is 0. The number of hydrogen-bond donors (Lipinski definition) is 3. The minimum Gasteiger partial charge on any atom is -0.508 e. The third-order valence-electron chi connectivity index (χ3n) is 6.96. The number of amides is 2. The predicted molar refractivity (Wildman–Crippen MR) is 123 cm³/mol. The van der Waals surface area contributed by atoms with Gasteiger partial charge in [0.2, 0.25) is 11.8 Å². The van der Waals surface area contributed by atoms with Gasteiger partial charge in [-0.3, -0.25) is 19.7 Å². The minimum absolute atomic E-state index is 0.0460. The smallest absolute Gasteiger partial charge is 0.324 e. The van der Waals surface area contributed by atoms with E-state index in [2.05, 4.69) is 5.32 Å². The first-order valence-electron chi connectivity index (χ1n) is 11.0. The molecule has 3 N–H and O–H groups in total. The van der Waals surface area contributed by atoms with Crippen molar-refractivity contribution in [3.8, 4) is 5.75 Å². The molecule has 33 heavy (non-hydrogen) atoms. The van der Waals surface area contributed by atoms with E-state index in [1.165, 1.54) is 6.07 Å². The van der Waals surface area contributed by atoms with Gasteiger partial charge < -0.3 is 10.2 Å². The molecule has 3 aromatic rings. The van der Waals surface area contributed by atoms with Crippen molar-refractivity contribution in [1.82, 2.24) is 5.32 Å². The van der Waals surface area contributed by atoms with Crippen LogP contribution in [0, 0.1) is 11.8 Å². The minimum atomic E-state index is -1.61. The summed E-state index contributed by atoms with van der Waals surface area (Å²) in [6.45, 7) is 1.85. The lowest BCUT2D eigenvalue weighted by atomic mass is 9.77. The molecule has 2 fully saturated rings. The Bertz CT molecular complexity index is 1280. The number of para-hydroxylation sites is 1. The van der Waals surface area contributed by atoms with Crippen LogP contribution in [0.3, 0.4) is 0 Å². The monoisotopic (exact) mass is 444 g/mol. The lowest BCUT2D eigenvalue weighted by Crippen LogP contribution is -2.55. The molecule has 2 aliphatic heterocycles. The molecule has 0 radical (unpaired) electrons. The molecule has 0 spiro atoms. The highest BCUT2D eigenvalue weighted by Crippen LogP contribution is 2.52. The van der Waals surface area contributed by atoms with E-state index in [4.69, 9.17) is 0 Å². The number of anilines is 1. The van der Waals surface area contributed by atoms with Crippen LogP contribution in [-0.2, 0) is 14.4 Å². The number of nitrogens with one attached hydrogen (secondary N) is 1. The Labute approximate surface area is 190 Å². The Balaban J connectivity index is 1.70. The average Bonchev–Trinajstić information content (AvgIpc) is 3.28. The molecule has 0 unspecified atom stereocenters. The van der Waals surface area contributed by atoms with Gasteiger partial charge in [0.05, 0.1) is 17.5 Å². The highest BCUT2D eigenvalue weighted by molar-refractivity contribution is 6.26. The summed E-state index contributed by atoms with van der Waals surface area (Å²) in [4.78, 5) is 41.4. The fraction of sp³-hybridized carbons (Fsp3) is 0.269. The van der Waals surface area contributed by atoms with Gasteiger partial charge in [-0.1, -0.05) is 67.9 Å². The van der Waals surface area contributed by atoms with E-state index in [0.717, 1.165) is 15.7 Å². The zero-order valence-corrected chi connectivity index (χ0v) is 18.1. The molecule has 2 saturated heterocycles. The highest BCUT2D eigenvalue weighted by Gasteiger charge is 2.68.